The average molecular weight is 424 g/mol. The lowest BCUT2D eigenvalue weighted by atomic mass is 10.1. The first kappa shape index (κ1) is 21.2. The van der Waals surface area contributed by atoms with Crippen molar-refractivity contribution in [2.45, 2.75) is 13.0 Å². The van der Waals surface area contributed by atoms with Gasteiger partial charge in [0.05, 0.1) is 6.61 Å². The van der Waals surface area contributed by atoms with Crippen LogP contribution < -0.4 is 9.47 Å². The van der Waals surface area contributed by atoms with Crippen LogP contribution in [0.5, 0.6) is 11.5 Å². The smallest absolute Gasteiger partial charge is 0.328 e. The average Bonchev–Trinajstić information content (AvgIpc) is 2.82. The van der Waals surface area contributed by atoms with Crippen LogP contribution in [0, 0.1) is 0 Å². The molecule has 0 bridgehead atoms. The number of ether oxygens (including phenoxy) is 2. The van der Waals surface area contributed by atoms with E-state index in [2.05, 4.69) is 30.3 Å². The molecule has 0 fully saturated rings. The van der Waals surface area contributed by atoms with Gasteiger partial charge in [-0.05, 0) is 46.2 Å². The minimum absolute atomic E-state index is 0.397. The van der Waals surface area contributed by atoms with Crippen molar-refractivity contribution in [2.24, 2.45) is 0 Å². The highest BCUT2D eigenvalue weighted by molar-refractivity contribution is 5.86. The van der Waals surface area contributed by atoms with Gasteiger partial charge in [-0.25, -0.2) is 4.79 Å². The van der Waals surface area contributed by atoms with Crippen LogP contribution >= 0.6 is 0 Å². The summed E-state index contributed by atoms with van der Waals surface area (Å²) in [6, 6.07) is 30.0. The van der Waals surface area contributed by atoms with Crippen molar-refractivity contribution in [3.63, 3.8) is 0 Å². The van der Waals surface area contributed by atoms with Crippen molar-refractivity contribution < 1.29 is 19.4 Å². The van der Waals surface area contributed by atoms with Gasteiger partial charge in [-0.15, -0.1) is 0 Å². The fourth-order valence-electron chi connectivity index (χ4n) is 3.45. The zero-order chi connectivity index (χ0) is 22.2. The standard InChI is InChI=1S/C28H24O4/c29-28(30)15-14-24-13-11-22(20-32-26-8-2-1-3-9-26)19-27(24)31-17-16-21-10-12-23-6-4-5-7-25(23)18-21/h1-15,18-19H,16-17,20H2,(H,29,30). The Balaban J connectivity index is 1.46. The maximum absolute atomic E-state index is 11.0. The Morgan fingerprint density at radius 2 is 1.53 bits per heavy atom. The van der Waals surface area contributed by atoms with Crippen LogP contribution in [-0.4, -0.2) is 17.7 Å². The summed E-state index contributed by atoms with van der Waals surface area (Å²) >= 11 is 0. The van der Waals surface area contributed by atoms with Crippen molar-refractivity contribution in [1.82, 2.24) is 0 Å². The predicted octanol–water partition coefficient (Wildman–Crippen LogP) is 6.14. The number of hydrogen-bond donors (Lipinski definition) is 1. The van der Waals surface area contributed by atoms with Gasteiger partial charge < -0.3 is 14.6 Å². The van der Waals surface area contributed by atoms with Gasteiger partial charge in [0, 0.05) is 18.1 Å². The fourth-order valence-corrected chi connectivity index (χ4v) is 3.45. The number of fused-ring (bicyclic) bond motifs is 1. The first-order valence-corrected chi connectivity index (χ1v) is 10.5. The van der Waals surface area contributed by atoms with Crippen LogP contribution in [0.25, 0.3) is 16.8 Å². The second-order valence-electron chi connectivity index (χ2n) is 7.43. The topological polar surface area (TPSA) is 55.8 Å². The molecule has 0 unspecified atom stereocenters. The number of rotatable bonds is 9. The third kappa shape index (κ3) is 5.76. The van der Waals surface area contributed by atoms with Gasteiger partial charge in [-0.1, -0.05) is 72.8 Å². The summed E-state index contributed by atoms with van der Waals surface area (Å²) in [6.45, 7) is 0.878. The normalized spacial score (nSPS) is 11.0. The lowest BCUT2D eigenvalue weighted by Gasteiger charge is -2.13. The van der Waals surface area contributed by atoms with Gasteiger partial charge in [0.15, 0.2) is 0 Å². The van der Waals surface area contributed by atoms with E-state index in [1.807, 2.05) is 60.7 Å². The molecule has 0 amide bonds. The van der Waals surface area contributed by atoms with E-state index < -0.39 is 5.97 Å². The molecule has 160 valence electrons. The van der Waals surface area contributed by atoms with Crippen molar-refractivity contribution >= 4 is 22.8 Å². The summed E-state index contributed by atoms with van der Waals surface area (Å²) in [6.07, 6.45) is 3.42. The molecule has 0 spiro atoms. The molecule has 0 saturated heterocycles. The molecule has 0 aromatic heterocycles. The third-order valence-electron chi connectivity index (χ3n) is 5.09. The molecule has 0 atom stereocenters. The first-order chi connectivity index (χ1) is 15.7. The summed E-state index contributed by atoms with van der Waals surface area (Å²) in [5.74, 6) is 0.433. The summed E-state index contributed by atoms with van der Waals surface area (Å²) in [4.78, 5) is 11.0. The molecule has 0 aliphatic heterocycles. The minimum Gasteiger partial charge on any atom is -0.493 e. The lowest BCUT2D eigenvalue weighted by Crippen LogP contribution is -2.04. The van der Waals surface area contributed by atoms with E-state index in [0.717, 1.165) is 29.4 Å². The van der Waals surface area contributed by atoms with Crippen molar-refractivity contribution in [1.29, 1.82) is 0 Å². The van der Waals surface area contributed by atoms with Crippen molar-refractivity contribution in [3.8, 4) is 11.5 Å². The molecule has 4 aromatic carbocycles. The van der Waals surface area contributed by atoms with E-state index in [-0.39, 0.29) is 0 Å². The van der Waals surface area contributed by atoms with Crippen LogP contribution in [0.4, 0.5) is 0 Å². The third-order valence-corrected chi connectivity index (χ3v) is 5.09. The van der Waals surface area contributed by atoms with E-state index in [9.17, 15) is 4.79 Å². The molecule has 0 saturated carbocycles. The predicted molar refractivity (Wildman–Crippen MR) is 127 cm³/mol. The second kappa shape index (κ2) is 10.3. The Bertz CT molecular complexity index is 1230. The van der Waals surface area contributed by atoms with E-state index in [1.54, 1.807) is 6.08 Å². The largest absolute Gasteiger partial charge is 0.493 e. The Labute approximate surface area is 187 Å². The Hall–Kier alpha value is -4.05. The molecular weight excluding hydrogens is 400 g/mol. The molecule has 4 nitrogen and oxygen atoms in total. The fraction of sp³-hybridized carbons (Fsp3) is 0.107. The van der Waals surface area contributed by atoms with Crippen LogP contribution in [0.15, 0.2) is 97.1 Å². The molecule has 0 aliphatic carbocycles. The molecule has 32 heavy (non-hydrogen) atoms. The zero-order valence-corrected chi connectivity index (χ0v) is 17.6. The number of carbonyl (C=O) groups is 1. The highest BCUT2D eigenvalue weighted by Crippen LogP contribution is 2.24. The maximum atomic E-state index is 11.0. The van der Waals surface area contributed by atoms with Gasteiger partial charge in [0.25, 0.3) is 0 Å². The molecule has 0 heterocycles. The number of benzene rings is 4. The van der Waals surface area contributed by atoms with Gasteiger partial charge in [0.2, 0.25) is 0 Å². The molecule has 4 rings (SSSR count). The molecule has 4 heteroatoms. The SMILES string of the molecule is O=C(O)C=Cc1ccc(COc2ccccc2)cc1OCCc1ccc2ccccc2c1. The number of carboxylic acid groups (broad SMARTS) is 1. The number of para-hydroxylation sites is 1. The van der Waals surface area contributed by atoms with Crippen LogP contribution in [0.3, 0.4) is 0 Å². The van der Waals surface area contributed by atoms with Crippen LogP contribution in [0.2, 0.25) is 0 Å². The summed E-state index contributed by atoms with van der Waals surface area (Å²) in [5.41, 5.74) is 2.85. The maximum Gasteiger partial charge on any atom is 0.328 e. The number of hydrogen-bond acceptors (Lipinski definition) is 3. The zero-order valence-electron chi connectivity index (χ0n) is 17.6. The van der Waals surface area contributed by atoms with Gasteiger partial charge >= 0.3 is 5.97 Å². The minimum atomic E-state index is -0.997. The van der Waals surface area contributed by atoms with Gasteiger partial charge in [0.1, 0.15) is 18.1 Å². The summed E-state index contributed by atoms with van der Waals surface area (Å²) in [5, 5.41) is 11.4. The van der Waals surface area contributed by atoms with Crippen molar-refractivity contribution in [3.05, 3.63) is 114 Å². The molecule has 0 radical (unpaired) electrons. The Morgan fingerprint density at radius 3 is 2.34 bits per heavy atom. The van der Waals surface area contributed by atoms with Gasteiger partial charge in [-0.3, -0.25) is 0 Å². The Morgan fingerprint density at radius 1 is 0.781 bits per heavy atom. The number of aliphatic carboxylic acids is 1. The lowest BCUT2D eigenvalue weighted by molar-refractivity contribution is -0.131. The van der Waals surface area contributed by atoms with E-state index in [4.69, 9.17) is 14.6 Å². The molecule has 0 aliphatic rings. The Kier molecular flexibility index (Phi) is 6.83. The van der Waals surface area contributed by atoms with Crippen LogP contribution in [0.1, 0.15) is 16.7 Å². The van der Waals surface area contributed by atoms with E-state index >= 15 is 0 Å². The molecular formula is C28H24O4. The van der Waals surface area contributed by atoms with Crippen LogP contribution in [-0.2, 0) is 17.8 Å². The molecule has 1 N–H and O–H groups in total. The van der Waals surface area contributed by atoms with Gasteiger partial charge in [-0.2, -0.15) is 0 Å². The highest BCUT2D eigenvalue weighted by atomic mass is 16.5. The van der Waals surface area contributed by atoms with E-state index in [1.165, 1.54) is 16.3 Å². The van der Waals surface area contributed by atoms with Crippen molar-refractivity contribution in [2.75, 3.05) is 6.61 Å². The monoisotopic (exact) mass is 424 g/mol. The quantitative estimate of drug-likeness (QED) is 0.328. The summed E-state index contributed by atoms with van der Waals surface area (Å²) in [7, 11) is 0. The first-order valence-electron chi connectivity index (χ1n) is 10.5. The summed E-state index contributed by atoms with van der Waals surface area (Å²) < 4.78 is 11.9. The molecule has 4 aromatic rings. The highest BCUT2D eigenvalue weighted by Gasteiger charge is 2.06. The number of carboxylic acids is 1. The second-order valence-corrected chi connectivity index (χ2v) is 7.43. The van der Waals surface area contributed by atoms with E-state index in [0.29, 0.717) is 19.0 Å².